The van der Waals surface area contributed by atoms with Crippen LogP contribution in [0.5, 0.6) is 0 Å². The van der Waals surface area contributed by atoms with Gasteiger partial charge in [0.25, 0.3) is 0 Å². The molecule has 4 aliphatic rings. The number of piperazine rings is 1. The normalized spacial score (nSPS) is 30.5. The van der Waals surface area contributed by atoms with Gasteiger partial charge >= 0.3 is 6.09 Å². The summed E-state index contributed by atoms with van der Waals surface area (Å²) in [6, 6.07) is 4.19. The zero-order valence-corrected chi connectivity index (χ0v) is 17.9. The molecule has 0 spiro atoms. The molecular formula is C20H24N4O6S. The van der Waals surface area contributed by atoms with Crippen molar-refractivity contribution < 1.29 is 29.3 Å². The molecular weight excluding hydrogens is 424 g/mol. The summed E-state index contributed by atoms with van der Waals surface area (Å²) in [7, 11) is 1.59. The van der Waals surface area contributed by atoms with Crippen LogP contribution in [0, 0.1) is 5.92 Å². The summed E-state index contributed by atoms with van der Waals surface area (Å²) < 4.78 is 5.88. The number of ether oxygens (including phenoxy) is 1. The number of primary amides is 1. The van der Waals surface area contributed by atoms with E-state index < -0.39 is 17.7 Å². The number of allylic oxidation sites excluding steroid dienone is 2. The Morgan fingerprint density at radius 2 is 2.16 bits per heavy atom. The minimum absolute atomic E-state index is 0.0219. The lowest BCUT2D eigenvalue weighted by Crippen LogP contribution is -2.54. The lowest BCUT2D eigenvalue weighted by Gasteiger charge is -2.39. The molecule has 2 saturated heterocycles. The van der Waals surface area contributed by atoms with E-state index in [9.17, 15) is 14.7 Å². The van der Waals surface area contributed by atoms with Gasteiger partial charge in [-0.1, -0.05) is 6.07 Å². The molecule has 10 nitrogen and oxygen atoms in total. The van der Waals surface area contributed by atoms with Crippen molar-refractivity contribution in [2.24, 2.45) is 11.7 Å². The second-order valence-electron chi connectivity index (χ2n) is 7.74. The van der Waals surface area contributed by atoms with E-state index in [1.165, 1.54) is 0 Å². The van der Waals surface area contributed by atoms with E-state index in [0.717, 1.165) is 4.88 Å². The van der Waals surface area contributed by atoms with Crippen molar-refractivity contribution in [1.82, 2.24) is 15.5 Å². The second-order valence-corrected chi connectivity index (χ2v) is 8.78. The Morgan fingerprint density at radius 3 is 2.74 bits per heavy atom. The molecule has 31 heavy (non-hydrogen) atoms. The zero-order chi connectivity index (χ0) is 22.5. The van der Waals surface area contributed by atoms with Gasteiger partial charge in [0.15, 0.2) is 5.72 Å². The third kappa shape index (κ3) is 3.16. The fraction of sp³-hybridized carbons (Fsp3) is 0.450. The van der Waals surface area contributed by atoms with E-state index in [1.54, 1.807) is 25.4 Å². The lowest BCUT2D eigenvalue weighted by molar-refractivity contribution is -0.137. The highest BCUT2D eigenvalue weighted by Gasteiger charge is 2.72. The number of aliphatic hydroxyl groups is 1. The highest BCUT2D eigenvalue weighted by atomic mass is 32.1. The van der Waals surface area contributed by atoms with E-state index in [0.29, 0.717) is 35.6 Å². The van der Waals surface area contributed by atoms with E-state index in [-0.39, 0.29) is 30.3 Å². The Morgan fingerprint density at radius 1 is 1.45 bits per heavy atom. The van der Waals surface area contributed by atoms with E-state index >= 15 is 0 Å². The summed E-state index contributed by atoms with van der Waals surface area (Å²) in [5.74, 6) is -0.914. The van der Waals surface area contributed by atoms with Gasteiger partial charge < -0.3 is 36.2 Å². The molecule has 1 aromatic rings. The first-order valence-electron chi connectivity index (χ1n) is 9.76. The average molecular weight is 449 g/mol. The number of Topliss-reactive ketones (excluding diaryl/α,β-unsaturated/α-hetero) is 2. The van der Waals surface area contributed by atoms with Crippen LogP contribution in [-0.4, -0.2) is 70.8 Å². The van der Waals surface area contributed by atoms with Gasteiger partial charge in [0.2, 0.25) is 11.6 Å². The number of rotatable bonds is 5. The number of fused-ring (bicyclic) bond motifs is 4. The predicted octanol–water partition coefficient (Wildman–Crippen LogP) is -0.238. The molecule has 6 N–H and O–H groups in total. The SMILES string of the molecule is COC12C(CO)C3=C(C(=O)C(C)=C(NCc4cccs4)C3=O)N1CC1NC12.NC(=O)O. The van der Waals surface area contributed by atoms with Gasteiger partial charge in [-0.05, 0) is 18.4 Å². The van der Waals surface area contributed by atoms with Crippen LogP contribution < -0.4 is 16.4 Å². The van der Waals surface area contributed by atoms with Gasteiger partial charge in [-0.2, -0.15) is 0 Å². The summed E-state index contributed by atoms with van der Waals surface area (Å²) in [5.41, 5.74) is 4.72. The summed E-state index contributed by atoms with van der Waals surface area (Å²) >= 11 is 1.59. The lowest BCUT2D eigenvalue weighted by atomic mass is 9.82. The van der Waals surface area contributed by atoms with E-state index in [4.69, 9.17) is 14.6 Å². The number of carbonyl (C=O) groups is 3. The fourth-order valence-corrected chi connectivity index (χ4v) is 5.59. The van der Waals surface area contributed by atoms with Gasteiger partial charge in [-0.25, -0.2) is 4.79 Å². The molecule has 0 radical (unpaired) electrons. The Balaban J connectivity index is 0.000000535. The predicted molar refractivity (Wildman–Crippen MR) is 111 cm³/mol. The standard InChI is InChI=1S/C19H21N3O4S.CH3NO2/c1-9-14(20-6-10-4-3-5-27-10)17(25)13-11(8-23)19(26-2)18-12(21-18)7-22(19)15(13)16(9)24;2-1(3)4/h3-5,11-12,18,20-21,23H,6-8H2,1-2H3;2H2,(H,3,4). The third-order valence-electron chi connectivity index (χ3n) is 6.24. The Bertz CT molecular complexity index is 999. The van der Waals surface area contributed by atoms with Crippen molar-refractivity contribution in [2.45, 2.75) is 31.3 Å². The van der Waals surface area contributed by atoms with Gasteiger partial charge in [0.05, 0.1) is 30.0 Å². The molecule has 0 saturated carbocycles. The van der Waals surface area contributed by atoms with Gasteiger partial charge in [0, 0.05) is 42.3 Å². The van der Waals surface area contributed by atoms with E-state index in [1.807, 2.05) is 22.4 Å². The van der Waals surface area contributed by atoms with Crippen LogP contribution in [0.25, 0.3) is 0 Å². The van der Waals surface area contributed by atoms with Gasteiger partial charge in [-0.15, -0.1) is 11.3 Å². The smallest absolute Gasteiger partial charge is 0.402 e. The van der Waals surface area contributed by atoms with Crippen molar-refractivity contribution in [2.75, 3.05) is 20.3 Å². The van der Waals surface area contributed by atoms with Crippen molar-refractivity contribution in [3.8, 4) is 0 Å². The maximum atomic E-state index is 13.4. The summed E-state index contributed by atoms with van der Waals surface area (Å²) in [6.45, 7) is 2.54. The number of ketones is 2. The van der Waals surface area contributed by atoms with Crippen molar-refractivity contribution in [1.29, 1.82) is 0 Å². The maximum Gasteiger partial charge on any atom is 0.402 e. The van der Waals surface area contributed by atoms with Crippen molar-refractivity contribution in [3.05, 3.63) is 44.9 Å². The number of carboxylic acid groups (broad SMARTS) is 1. The fourth-order valence-electron chi connectivity index (χ4n) is 4.95. The summed E-state index contributed by atoms with van der Waals surface area (Å²) in [6.07, 6.45) is -1.33. The topological polar surface area (TPSA) is 164 Å². The quantitative estimate of drug-likeness (QED) is 0.302. The third-order valence-corrected chi connectivity index (χ3v) is 7.11. The first-order chi connectivity index (χ1) is 14.8. The Hall–Kier alpha value is -2.73. The highest BCUT2D eigenvalue weighted by molar-refractivity contribution is 7.09. The summed E-state index contributed by atoms with van der Waals surface area (Å²) in [4.78, 5) is 38.3. The molecule has 4 heterocycles. The Labute approximate surface area is 182 Å². The molecule has 0 aromatic carbocycles. The first kappa shape index (κ1) is 21.5. The molecule has 11 heteroatoms. The second kappa shape index (κ2) is 7.75. The number of nitrogens with two attached hydrogens (primary N) is 1. The number of nitrogens with one attached hydrogen (secondary N) is 2. The minimum Gasteiger partial charge on any atom is -0.465 e. The molecule has 1 aromatic heterocycles. The number of amides is 1. The number of methoxy groups -OCH3 is 1. The van der Waals surface area contributed by atoms with Gasteiger partial charge in [-0.3, -0.25) is 9.59 Å². The number of hydrogen-bond acceptors (Lipinski definition) is 9. The molecule has 5 rings (SSSR count). The van der Waals surface area contributed by atoms with Crippen LogP contribution in [0.15, 0.2) is 40.1 Å². The van der Waals surface area contributed by atoms with Crippen LogP contribution in [0.2, 0.25) is 0 Å². The minimum atomic E-state index is -1.33. The maximum absolute atomic E-state index is 13.4. The average Bonchev–Trinajstić information content (AvgIpc) is 3.09. The molecule has 2 fully saturated rings. The number of aliphatic hydroxyl groups excluding tert-OH is 1. The van der Waals surface area contributed by atoms with Crippen LogP contribution >= 0.6 is 11.3 Å². The van der Waals surface area contributed by atoms with Crippen molar-refractivity contribution in [3.63, 3.8) is 0 Å². The van der Waals surface area contributed by atoms with Crippen molar-refractivity contribution >= 4 is 29.0 Å². The number of thiophene rings is 1. The van der Waals surface area contributed by atoms with Crippen LogP contribution in [-0.2, 0) is 20.9 Å². The molecule has 1 amide bonds. The number of nitrogens with zero attached hydrogens (tertiary/aromatic N) is 1. The largest absolute Gasteiger partial charge is 0.465 e. The Kier molecular flexibility index (Phi) is 5.38. The summed E-state index contributed by atoms with van der Waals surface area (Å²) in [5, 5.41) is 25.8. The van der Waals surface area contributed by atoms with Gasteiger partial charge in [0.1, 0.15) is 0 Å². The first-order valence-corrected chi connectivity index (χ1v) is 10.6. The van der Waals surface area contributed by atoms with Crippen LogP contribution in [0.1, 0.15) is 11.8 Å². The molecule has 1 aliphatic carbocycles. The van der Waals surface area contributed by atoms with Crippen LogP contribution in [0.4, 0.5) is 4.79 Å². The molecule has 3 aliphatic heterocycles. The van der Waals surface area contributed by atoms with Crippen LogP contribution in [0.3, 0.4) is 0 Å². The highest BCUT2D eigenvalue weighted by Crippen LogP contribution is 2.55. The number of hydrogen-bond donors (Lipinski definition) is 5. The molecule has 0 bridgehead atoms. The monoisotopic (exact) mass is 448 g/mol. The molecule has 4 unspecified atom stereocenters. The number of carbonyl (C=O) groups excluding carboxylic acids is 2. The molecule has 166 valence electrons. The zero-order valence-electron chi connectivity index (χ0n) is 17.0. The molecule has 4 atom stereocenters. The van der Waals surface area contributed by atoms with E-state index in [2.05, 4.69) is 16.4 Å².